The van der Waals surface area contributed by atoms with E-state index in [1.165, 1.54) is 6.07 Å². The summed E-state index contributed by atoms with van der Waals surface area (Å²) in [6.45, 7) is 0.681. The summed E-state index contributed by atoms with van der Waals surface area (Å²) < 4.78 is 0. The van der Waals surface area contributed by atoms with Gasteiger partial charge in [-0.2, -0.15) is 0 Å². The van der Waals surface area contributed by atoms with E-state index in [9.17, 15) is 14.9 Å². The van der Waals surface area contributed by atoms with Crippen LogP contribution >= 0.6 is 11.6 Å². The van der Waals surface area contributed by atoms with Crippen molar-refractivity contribution in [2.75, 3.05) is 6.54 Å². The molecule has 96 valence electrons. The molecule has 1 atom stereocenters. The van der Waals surface area contributed by atoms with Crippen LogP contribution in [-0.2, 0) is 11.2 Å². The summed E-state index contributed by atoms with van der Waals surface area (Å²) in [6.07, 6.45) is 1.96. The molecule has 1 N–H and O–H groups in total. The molecule has 5 nitrogen and oxygen atoms in total. The van der Waals surface area contributed by atoms with Crippen LogP contribution < -0.4 is 5.32 Å². The van der Waals surface area contributed by atoms with Gasteiger partial charge in [0.2, 0.25) is 5.91 Å². The Balaban J connectivity index is 2.27. The van der Waals surface area contributed by atoms with Gasteiger partial charge in [0.1, 0.15) is 0 Å². The van der Waals surface area contributed by atoms with Crippen molar-refractivity contribution in [1.29, 1.82) is 0 Å². The zero-order valence-electron chi connectivity index (χ0n) is 9.69. The number of nitrogens with zero attached hydrogens (tertiary/aromatic N) is 1. The topological polar surface area (TPSA) is 72.2 Å². The van der Waals surface area contributed by atoms with Gasteiger partial charge in [-0.05, 0) is 25.3 Å². The first kappa shape index (κ1) is 12.8. The maximum absolute atomic E-state index is 11.7. The molecule has 1 fully saturated rings. The van der Waals surface area contributed by atoms with E-state index < -0.39 is 4.92 Å². The number of hydrogen-bond acceptors (Lipinski definition) is 3. The van der Waals surface area contributed by atoms with Gasteiger partial charge in [-0.25, -0.2) is 0 Å². The highest BCUT2D eigenvalue weighted by molar-refractivity contribution is 6.31. The molecule has 0 spiro atoms. The Labute approximate surface area is 109 Å². The SMILES string of the molecule is O=C1NCCCC1Cc1c(Cl)cccc1[N+](=O)[O-]. The predicted octanol–water partition coefficient (Wildman–Crippen LogP) is 2.32. The number of carbonyl (C=O) groups is 1. The molecule has 1 unspecified atom stereocenters. The number of nitrogens with one attached hydrogen (secondary N) is 1. The number of nitro benzene ring substituents is 1. The average Bonchev–Trinajstić information content (AvgIpc) is 2.34. The average molecular weight is 269 g/mol. The van der Waals surface area contributed by atoms with Crippen molar-refractivity contribution < 1.29 is 9.72 Å². The second kappa shape index (κ2) is 5.35. The van der Waals surface area contributed by atoms with Crippen LogP contribution in [0.4, 0.5) is 5.69 Å². The van der Waals surface area contributed by atoms with Crippen LogP contribution in [0.3, 0.4) is 0 Å². The van der Waals surface area contributed by atoms with Crippen molar-refractivity contribution in [2.45, 2.75) is 19.3 Å². The van der Waals surface area contributed by atoms with E-state index in [-0.39, 0.29) is 17.5 Å². The van der Waals surface area contributed by atoms with Crippen LogP contribution in [0.5, 0.6) is 0 Å². The zero-order chi connectivity index (χ0) is 13.1. The van der Waals surface area contributed by atoms with E-state index in [1.807, 2.05) is 0 Å². The molecule has 1 heterocycles. The molecule has 0 saturated carbocycles. The minimum absolute atomic E-state index is 0.0131. The minimum Gasteiger partial charge on any atom is -0.356 e. The highest BCUT2D eigenvalue weighted by Crippen LogP contribution is 2.30. The van der Waals surface area contributed by atoms with E-state index in [4.69, 9.17) is 11.6 Å². The lowest BCUT2D eigenvalue weighted by molar-refractivity contribution is -0.385. The summed E-state index contributed by atoms with van der Waals surface area (Å²) in [5.74, 6) is -0.271. The standard InChI is InChI=1S/C12H13ClN2O3/c13-10-4-1-5-11(15(17)18)9(10)7-8-3-2-6-14-12(8)16/h1,4-5,8H,2-3,6-7H2,(H,14,16). The van der Waals surface area contributed by atoms with E-state index in [2.05, 4.69) is 5.32 Å². The number of halogens is 1. The molecular formula is C12H13ClN2O3. The van der Waals surface area contributed by atoms with Gasteiger partial charge in [0, 0.05) is 24.1 Å². The summed E-state index contributed by atoms with van der Waals surface area (Å²) in [5.41, 5.74) is 0.437. The molecule has 0 bridgehead atoms. The number of nitro groups is 1. The van der Waals surface area contributed by atoms with Crippen molar-refractivity contribution >= 4 is 23.2 Å². The fourth-order valence-electron chi connectivity index (χ4n) is 2.20. The number of carbonyl (C=O) groups excluding carboxylic acids is 1. The van der Waals surface area contributed by atoms with Crippen LogP contribution in [-0.4, -0.2) is 17.4 Å². The summed E-state index contributed by atoms with van der Waals surface area (Å²) in [6, 6.07) is 4.58. The molecule has 0 radical (unpaired) electrons. The van der Waals surface area contributed by atoms with Crippen LogP contribution in [0.1, 0.15) is 18.4 Å². The molecule has 0 aromatic heterocycles. The Hall–Kier alpha value is -1.62. The Morgan fingerprint density at radius 2 is 2.28 bits per heavy atom. The molecule has 6 heteroatoms. The van der Waals surface area contributed by atoms with Gasteiger partial charge in [-0.15, -0.1) is 0 Å². The summed E-state index contributed by atoms with van der Waals surface area (Å²) in [5, 5.41) is 14.1. The second-order valence-corrected chi connectivity index (χ2v) is 4.74. The lowest BCUT2D eigenvalue weighted by atomic mass is 9.91. The molecule has 18 heavy (non-hydrogen) atoms. The minimum atomic E-state index is -0.456. The predicted molar refractivity (Wildman–Crippen MR) is 67.5 cm³/mol. The Morgan fingerprint density at radius 1 is 1.50 bits per heavy atom. The molecule has 1 amide bonds. The summed E-state index contributed by atoms with van der Waals surface area (Å²) >= 11 is 6.00. The molecule has 1 aromatic carbocycles. The van der Waals surface area contributed by atoms with Crippen molar-refractivity contribution in [3.8, 4) is 0 Å². The maximum atomic E-state index is 11.7. The van der Waals surface area contributed by atoms with Crippen LogP contribution in [0.25, 0.3) is 0 Å². The number of benzene rings is 1. The Bertz CT molecular complexity index is 490. The third-order valence-electron chi connectivity index (χ3n) is 3.14. The van der Waals surface area contributed by atoms with Crippen molar-refractivity contribution in [2.24, 2.45) is 5.92 Å². The number of amides is 1. The second-order valence-electron chi connectivity index (χ2n) is 4.33. The van der Waals surface area contributed by atoms with Crippen LogP contribution in [0, 0.1) is 16.0 Å². The fraction of sp³-hybridized carbons (Fsp3) is 0.417. The Morgan fingerprint density at radius 3 is 2.94 bits per heavy atom. The van der Waals surface area contributed by atoms with Crippen molar-refractivity contribution in [3.05, 3.63) is 38.9 Å². The highest BCUT2D eigenvalue weighted by Gasteiger charge is 2.26. The molecule has 0 aliphatic carbocycles. The van der Waals surface area contributed by atoms with Gasteiger partial charge in [0.05, 0.1) is 9.95 Å². The van der Waals surface area contributed by atoms with Gasteiger partial charge in [-0.3, -0.25) is 14.9 Å². The third-order valence-corrected chi connectivity index (χ3v) is 3.49. The van der Waals surface area contributed by atoms with Gasteiger partial charge < -0.3 is 5.32 Å². The van der Waals surface area contributed by atoms with E-state index >= 15 is 0 Å². The normalized spacial score (nSPS) is 19.4. The quantitative estimate of drug-likeness (QED) is 0.675. The van der Waals surface area contributed by atoms with E-state index in [1.54, 1.807) is 12.1 Å². The fourth-order valence-corrected chi connectivity index (χ4v) is 2.44. The number of piperidine rings is 1. The molecule has 1 aliphatic heterocycles. The zero-order valence-corrected chi connectivity index (χ0v) is 10.4. The smallest absolute Gasteiger partial charge is 0.274 e. The first-order chi connectivity index (χ1) is 8.59. The first-order valence-electron chi connectivity index (χ1n) is 5.79. The van der Waals surface area contributed by atoms with Crippen LogP contribution in [0.15, 0.2) is 18.2 Å². The highest BCUT2D eigenvalue weighted by atomic mass is 35.5. The van der Waals surface area contributed by atoms with Crippen LogP contribution in [0.2, 0.25) is 5.02 Å². The monoisotopic (exact) mass is 268 g/mol. The Kier molecular flexibility index (Phi) is 3.81. The molecule has 1 aliphatic rings. The van der Waals surface area contributed by atoms with Crippen molar-refractivity contribution in [3.63, 3.8) is 0 Å². The van der Waals surface area contributed by atoms with Gasteiger partial charge in [-0.1, -0.05) is 17.7 Å². The number of hydrogen-bond donors (Lipinski definition) is 1. The lowest BCUT2D eigenvalue weighted by Gasteiger charge is -2.21. The van der Waals surface area contributed by atoms with Gasteiger partial charge >= 0.3 is 0 Å². The van der Waals surface area contributed by atoms with Crippen molar-refractivity contribution in [1.82, 2.24) is 5.32 Å². The van der Waals surface area contributed by atoms with E-state index in [0.717, 1.165) is 12.8 Å². The summed E-state index contributed by atoms with van der Waals surface area (Å²) in [7, 11) is 0. The third kappa shape index (κ3) is 2.61. The van der Waals surface area contributed by atoms with Gasteiger partial charge in [0.25, 0.3) is 5.69 Å². The lowest BCUT2D eigenvalue weighted by Crippen LogP contribution is -2.37. The number of rotatable bonds is 3. The first-order valence-corrected chi connectivity index (χ1v) is 6.17. The van der Waals surface area contributed by atoms with E-state index in [0.29, 0.717) is 23.6 Å². The summed E-state index contributed by atoms with van der Waals surface area (Å²) in [4.78, 5) is 22.2. The molecule has 1 aromatic rings. The molecular weight excluding hydrogens is 256 g/mol. The molecule has 1 saturated heterocycles. The van der Waals surface area contributed by atoms with Gasteiger partial charge in [0.15, 0.2) is 0 Å². The maximum Gasteiger partial charge on any atom is 0.274 e. The largest absolute Gasteiger partial charge is 0.356 e. The molecule has 2 rings (SSSR count).